The summed E-state index contributed by atoms with van der Waals surface area (Å²) in [7, 11) is 0. The highest BCUT2D eigenvalue weighted by molar-refractivity contribution is 5.94. The lowest BCUT2D eigenvalue weighted by Crippen LogP contribution is -2.49. The first-order valence-electron chi connectivity index (χ1n) is 8.53. The second-order valence-corrected chi connectivity index (χ2v) is 6.19. The first-order chi connectivity index (χ1) is 12.7. The number of amides is 1. The third-order valence-electron chi connectivity index (χ3n) is 4.46. The summed E-state index contributed by atoms with van der Waals surface area (Å²) in [4.78, 5) is 20.8. The van der Waals surface area contributed by atoms with Crippen LogP contribution in [-0.4, -0.2) is 62.2 Å². The lowest BCUT2D eigenvalue weighted by molar-refractivity contribution is 0.0745. The Hall–Kier alpha value is -3.29. The summed E-state index contributed by atoms with van der Waals surface area (Å²) in [5.41, 5.74) is 2.44. The highest BCUT2D eigenvalue weighted by Gasteiger charge is 2.25. The standard InChI is InChI=1S/C18H19N7O/c1-14-7-8-15(13-19-14)17(26)23-9-11-24(12-10-23)18-20-21-22-25(18)16-5-3-2-4-6-16/h2-8,13H,9-12H2,1H3. The molecule has 3 aromatic rings. The Balaban J connectivity index is 1.45. The van der Waals surface area contributed by atoms with Crippen LogP contribution in [0.2, 0.25) is 0 Å². The van der Waals surface area contributed by atoms with E-state index in [0.717, 1.165) is 11.4 Å². The van der Waals surface area contributed by atoms with Crippen molar-refractivity contribution in [2.75, 3.05) is 31.1 Å². The van der Waals surface area contributed by atoms with Crippen LogP contribution in [0.15, 0.2) is 48.7 Å². The van der Waals surface area contributed by atoms with Crippen molar-refractivity contribution in [3.05, 3.63) is 59.9 Å². The van der Waals surface area contributed by atoms with Crippen LogP contribution in [0.25, 0.3) is 5.69 Å². The molecule has 132 valence electrons. The number of tetrazole rings is 1. The fraction of sp³-hybridized carbons (Fsp3) is 0.278. The number of aryl methyl sites for hydroxylation is 1. The zero-order chi connectivity index (χ0) is 17.9. The smallest absolute Gasteiger partial charge is 0.255 e. The highest BCUT2D eigenvalue weighted by atomic mass is 16.2. The van der Waals surface area contributed by atoms with Gasteiger partial charge in [0.25, 0.3) is 5.91 Å². The van der Waals surface area contributed by atoms with Crippen LogP contribution in [0.5, 0.6) is 0 Å². The lowest BCUT2D eigenvalue weighted by Gasteiger charge is -2.34. The van der Waals surface area contributed by atoms with Gasteiger partial charge in [-0.1, -0.05) is 23.3 Å². The van der Waals surface area contributed by atoms with Crippen molar-refractivity contribution in [2.45, 2.75) is 6.92 Å². The highest BCUT2D eigenvalue weighted by Crippen LogP contribution is 2.17. The molecule has 0 saturated carbocycles. The Morgan fingerprint density at radius 3 is 2.46 bits per heavy atom. The van der Waals surface area contributed by atoms with Crippen molar-refractivity contribution in [2.24, 2.45) is 0 Å². The van der Waals surface area contributed by atoms with E-state index in [9.17, 15) is 4.79 Å². The molecule has 1 fully saturated rings. The Morgan fingerprint density at radius 2 is 1.77 bits per heavy atom. The molecular formula is C18H19N7O. The second-order valence-electron chi connectivity index (χ2n) is 6.19. The molecule has 1 amide bonds. The van der Waals surface area contributed by atoms with Gasteiger partial charge in [0.1, 0.15) is 0 Å². The Morgan fingerprint density at radius 1 is 1.00 bits per heavy atom. The molecule has 3 heterocycles. The number of piperazine rings is 1. The molecule has 2 aromatic heterocycles. The van der Waals surface area contributed by atoms with Gasteiger partial charge in [0.15, 0.2) is 0 Å². The monoisotopic (exact) mass is 349 g/mol. The number of rotatable bonds is 3. The molecule has 1 aliphatic heterocycles. The molecule has 0 radical (unpaired) electrons. The molecule has 0 bridgehead atoms. The number of hydrogen-bond acceptors (Lipinski definition) is 6. The van der Waals surface area contributed by atoms with Gasteiger partial charge in [-0.2, -0.15) is 4.68 Å². The summed E-state index contributed by atoms with van der Waals surface area (Å²) in [6.07, 6.45) is 1.64. The van der Waals surface area contributed by atoms with Crippen LogP contribution in [0, 0.1) is 6.92 Å². The number of benzene rings is 1. The molecule has 0 aliphatic carbocycles. The van der Waals surface area contributed by atoms with Crippen molar-refractivity contribution >= 4 is 11.9 Å². The molecule has 0 spiro atoms. The third kappa shape index (κ3) is 3.13. The summed E-state index contributed by atoms with van der Waals surface area (Å²) in [5.74, 6) is 0.708. The van der Waals surface area contributed by atoms with E-state index in [1.54, 1.807) is 10.9 Å². The van der Waals surface area contributed by atoms with Gasteiger partial charge in [0.2, 0.25) is 5.95 Å². The summed E-state index contributed by atoms with van der Waals surface area (Å²) in [6, 6.07) is 13.5. The number of nitrogens with zero attached hydrogens (tertiary/aromatic N) is 7. The minimum absolute atomic E-state index is 0.0137. The molecule has 1 aliphatic rings. The minimum atomic E-state index is 0.0137. The van der Waals surface area contributed by atoms with E-state index >= 15 is 0 Å². The molecule has 8 heteroatoms. The zero-order valence-electron chi connectivity index (χ0n) is 14.5. The van der Waals surface area contributed by atoms with Gasteiger partial charge in [-0.3, -0.25) is 9.78 Å². The molecule has 0 N–H and O–H groups in total. The molecule has 0 unspecified atom stereocenters. The number of carbonyl (C=O) groups is 1. The fourth-order valence-corrected chi connectivity index (χ4v) is 3.00. The zero-order valence-corrected chi connectivity index (χ0v) is 14.5. The van der Waals surface area contributed by atoms with E-state index in [-0.39, 0.29) is 5.91 Å². The van der Waals surface area contributed by atoms with Crippen LogP contribution >= 0.6 is 0 Å². The van der Waals surface area contributed by atoms with Gasteiger partial charge in [0.05, 0.1) is 11.3 Å². The van der Waals surface area contributed by atoms with Gasteiger partial charge in [-0.15, -0.1) is 0 Å². The fourth-order valence-electron chi connectivity index (χ4n) is 3.00. The van der Waals surface area contributed by atoms with Gasteiger partial charge in [0, 0.05) is 38.1 Å². The number of anilines is 1. The Labute approximate surface area is 151 Å². The first kappa shape index (κ1) is 16.2. The van der Waals surface area contributed by atoms with Crippen LogP contribution in [0.1, 0.15) is 16.1 Å². The van der Waals surface area contributed by atoms with Crippen LogP contribution in [-0.2, 0) is 0 Å². The molecule has 1 aromatic carbocycles. The van der Waals surface area contributed by atoms with Gasteiger partial charge < -0.3 is 9.80 Å². The normalized spacial score (nSPS) is 14.5. The molecular weight excluding hydrogens is 330 g/mol. The predicted molar refractivity (Wildman–Crippen MR) is 96.2 cm³/mol. The maximum atomic E-state index is 12.6. The third-order valence-corrected chi connectivity index (χ3v) is 4.46. The largest absolute Gasteiger partial charge is 0.336 e. The van der Waals surface area contributed by atoms with Gasteiger partial charge in [-0.25, -0.2) is 0 Å². The maximum Gasteiger partial charge on any atom is 0.255 e. The number of pyridine rings is 1. The average Bonchev–Trinajstić information content (AvgIpc) is 3.19. The SMILES string of the molecule is Cc1ccc(C(=O)N2CCN(c3nnnn3-c3ccccc3)CC2)cn1. The predicted octanol–water partition coefficient (Wildman–Crippen LogP) is 1.33. The molecule has 1 saturated heterocycles. The van der Waals surface area contributed by atoms with Gasteiger partial charge >= 0.3 is 0 Å². The minimum Gasteiger partial charge on any atom is -0.336 e. The molecule has 26 heavy (non-hydrogen) atoms. The van der Waals surface area contributed by atoms with Crippen molar-refractivity contribution in [3.8, 4) is 5.69 Å². The average molecular weight is 349 g/mol. The molecule has 4 rings (SSSR count). The van der Waals surface area contributed by atoms with Crippen molar-refractivity contribution in [1.82, 2.24) is 30.1 Å². The lowest BCUT2D eigenvalue weighted by atomic mass is 10.2. The first-order valence-corrected chi connectivity index (χ1v) is 8.53. The van der Waals surface area contributed by atoms with Crippen LogP contribution in [0.4, 0.5) is 5.95 Å². The maximum absolute atomic E-state index is 12.6. The summed E-state index contributed by atoms with van der Waals surface area (Å²) in [6.45, 7) is 4.50. The number of hydrogen-bond donors (Lipinski definition) is 0. The van der Waals surface area contributed by atoms with Crippen molar-refractivity contribution in [3.63, 3.8) is 0 Å². The van der Waals surface area contributed by atoms with E-state index in [0.29, 0.717) is 37.7 Å². The van der Waals surface area contributed by atoms with Crippen molar-refractivity contribution in [1.29, 1.82) is 0 Å². The van der Waals surface area contributed by atoms with E-state index in [4.69, 9.17) is 0 Å². The summed E-state index contributed by atoms with van der Waals surface area (Å²) >= 11 is 0. The van der Waals surface area contributed by atoms with Gasteiger partial charge in [-0.05, 0) is 41.6 Å². The van der Waals surface area contributed by atoms with E-state index < -0.39 is 0 Å². The van der Waals surface area contributed by atoms with Crippen molar-refractivity contribution < 1.29 is 4.79 Å². The Bertz CT molecular complexity index is 883. The molecule has 8 nitrogen and oxygen atoms in total. The van der Waals surface area contributed by atoms with E-state index in [1.807, 2.05) is 54.3 Å². The topological polar surface area (TPSA) is 80.0 Å². The molecule has 0 atom stereocenters. The Kier molecular flexibility index (Phi) is 4.30. The van der Waals surface area contributed by atoms with E-state index in [1.165, 1.54) is 0 Å². The number of carbonyl (C=O) groups excluding carboxylic acids is 1. The summed E-state index contributed by atoms with van der Waals surface area (Å²) in [5, 5.41) is 12.1. The van der Waals surface area contributed by atoms with Crippen LogP contribution < -0.4 is 4.90 Å². The second kappa shape index (κ2) is 6.91. The van der Waals surface area contributed by atoms with E-state index in [2.05, 4.69) is 25.4 Å². The number of aromatic nitrogens is 5. The quantitative estimate of drug-likeness (QED) is 0.710. The van der Waals surface area contributed by atoms with Crippen LogP contribution in [0.3, 0.4) is 0 Å². The number of para-hydroxylation sites is 1. The summed E-state index contributed by atoms with van der Waals surface area (Å²) < 4.78 is 1.72.